The zero-order chi connectivity index (χ0) is 110. The van der Waals surface area contributed by atoms with Gasteiger partial charge in [0.05, 0.1) is 85.5 Å². The minimum absolute atomic E-state index is 0.0703. The predicted octanol–water partition coefficient (Wildman–Crippen LogP) is 20.4. The van der Waals surface area contributed by atoms with Gasteiger partial charge in [-0.05, 0) is 290 Å². The van der Waals surface area contributed by atoms with E-state index in [0.29, 0.717) is 36.5 Å². The molecule has 0 amide bonds. The molecular weight excluding hydrogens is 1890 g/mol. The number of pyridine rings is 3. The van der Waals surface area contributed by atoms with Gasteiger partial charge in [0, 0.05) is 170 Å². The second-order valence-corrected chi connectivity index (χ2v) is 48.8. The Morgan fingerprint density at radius 2 is 0.590 bits per heavy atom. The number of unbranched alkanes of at least 4 members (excludes halogenated alkanes) is 2. The summed E-state index contributed by atoms with van der Waals surface area (Å²) in [5, 5.41) is 8.36. The summed E-state index contributed by atoms with van der Waals surface area (Å²) in [6.45, 7) is 80.9. The lowest BCUT2D eigenvalue weighted by atomic mass is 9.92. The van der Waals surface area contributed by atoms with Crippen LogP contribution < -0.4 is 40.0 Å². The van der Waals surface area contributed by atoms with Crippen molar-refractivity contribution in [3.63, 3.8) is 0 Å². The first-order valence-corrected chi connectivity index (χ1v) is 51.8. The Hall–Kier alpha value is -5.07. The third kappa shape index (κ3) is 70.9. The standard InChI is InChI=1S/C21H35F2N3O3.C21H42F2N2O3.C20H34F2N4O.C18H36F2N2O2.C16H26F2N2O.C11H23F2NO/c1-17(2)27-13-12-25-8-10-26(11-9-25)19-7-6-18(14-24-19)28-15-21(22,23)16-29-20(3,4)5;1-19(2,3)27-16-14-25-12-10-24(11-13-25)9-7-8-15-26-17-21(22,23)18-28-20(4,5)6;1-18(2,3)24-14-20(21,22)15-27-16-7-8-17(23-13-16)25-9-11-26(12-10-25)19(4,5)6;1-16(2)22-11-9-21(10-12-22)8-6-7-13-23-14-18(19,20)15-24-17(3,4)5;1-14(2,3)13-8-7-12(9-19-13)21-11-16(17,18)10-20-15(4,5)6;1-9(2,3)14-7-11(12,13)8-15-10(4,5)6/h6-7,14,17H,8-13,15-16H2,1-5H3;7-18H2,1-6H3;7-8,13,24H,9-12,14-15H2,1-6H3;16H,6-15H2,1-5H3;7-9,20H,10-11H2,1-6H3;14H,7-8H2,1-6H3. The lowest BCUT2D eigenvalue weighted by molar-refractivity contribution is -0.152. The molecule has 4 fully saturated rings. The number of ether oxygens (including phenoxy) is 11. The van der Waals surface area contributed by atoms with Crippen molar-refractivity contribution in [2.45, 2.75) is 364 Å². The largest absolute Gasteiger partial charge is 0.486 e. The predicted molar refractivity (Wildman–Crippen MR) is 559 cm³/mol. The van der Waals surface area contributed by atoms with Gasteiger partial charge in [-0.15, -0.1) is 0 Å². The molecular formula is C107H196F12N14O11. The summed E-state index contributed by atoms with van der Waals surface area (Å²) in [7, 11) is 0. The lowest BCUT2D eigenvalue weighted by Gasteiger charge is -2.42. The number of alkyl halides is 12. The van der Waals surface area contributed by atoms with Crippen LogP contribution in [0.4, 0.5) is 64.3 Å². The molecule has 0 saturated carbocycles. The molecule has 4 aliphatic heterocycles. The monoisotopic (exact) mass is 2080 g/mol. The molecule has 0 bridgehead atoms. The molecule has 0 aromatic carbocycles. The Morgan fingerprint density at radius 1 is 0.299 bits per heavy atom. The van der Waals surface area contributed by atoms with Crippen LogP contribution in [0.5, 0.6) is 17.2 Å². The van der Waals surface area contributed by atoms with Crippen molar-refractivity contribution >= 4 is 11.6 Å². The van der Waals surface area contributed by atoms with E-state index in [-0.39, 0.29) is 45.8 Å². The molecule has 3 aromatic heterocycles. The van der Waals surface area contributed by atoms with E-state index < -0.39 is 130 Å². The number of piperazine rings is 4. The molecule has 7 heterocycles. The van der Waals surface area contributed by atoms with Gasteiger partial charge < -0.3 is 87.7 Å². The van der Waals surface area contributed by atoms with E-state index in [1.807, 2.05) is 109 Å². The van der Waals surface area contributed by atoms with E-state index in [1.54, 1.807) is 107 Å². The molecule has 0 spiro atoms. The second kappa shape index (κ2) is 61.6. The van der Waals surface area contributed by atoms with Crippen LogP contribution in [-0.2, 0) is 43.3 Å². The number of nitrogens with one attached hydrogen (secondary N) is 3. The van der Waals surface area contributed by atoms with Gasteiger partial charge in [-0.1, -0.05) is 20.8 Å². The average Bonchev–Trinajstić information content (AvgIpc) is 0.827. The van der Waals surface area contributed by atoms with E-state index in [4.69, 9.17) is 52.1 Å². The third-order valence-corrected chi connectivity index (χ3v) is 22.1. The number of rotatable bonds is 47. The smallest absolute Gasteiger partial charge is 0.304 e. The fourth-order valence-electron chi connectivity index (χ4n) is 13.5. The van der Waals surface area contributed by atoms with Crippen molar-refractivity contribution in [3.05, 3.63) is 60.7 Å². The summed E-state index contributed by atoms with van der Waals surface area (Å²) in [5.41, 5.74) is -2.33. The van der Waals surface area contributed by atoms with Crippen LogP contribution in [0.2, 0.25) is 0 Å². The molecule has 0 aliphatic carbocycles. The van der Waals surface area contributed by atoms with Crippen LogP contribution in [0.15, 0.2) is 55.0 Å². The maximum Gasteiger partial charge on any atom is 0.304 e. The van der Waals surface area contributed by atoms with Crippen molar-refractivity contribution in [2.75, 3.05) is 246 Å². The van der Waals surface area contributed by atoms with Gasteiger partial charge in [0.25, 0.3) is 29.6 Å². The molecule has 3 aromatic rings. The molecule has 3 N–H and O–H groups in total. The number of hydrogen-bond acceptors (Lipinski definition) is 25. The molecule has 0 atom stereocenters. The molecule has 37 heteroatoms. The van der Waals surface area contributed by atoms with Gasteiger partial charge in [0.1, 0.15) is 68.5 Å². The van der Waals surface area contributed by atoms with E-state index in [2.05, 4.69) is 125 Å². The molecule has 4 saturated heterocycles. The van der Waals surface area contributed by atoms with Crippen LogP contribution in [-0.4, -0.2) is 379 Å². The minimum Gasteiger partial charge on any atom is -0.486 e. The number of hydrogen-bond donors (Lipinski definition) is 3. The SMILES string of the molecule is CC(C)(C)NCC(F)(F)COC(C)(C)C.CC(C)(C)NCC(F)(F)COc1ccc(C(C)(C)C)nc1.CC(C)(C)NCC(F)(F)COc1ccc(N2CCN(C(C)(C)C)CC2)nc1.CC(C)(C)OCCN1CCN(CCCCOCC(F)(F)COC(C)(C)C)CC1.CC(C)N1CCN(CCCCOCC(F)(F)COC(C)(C)C)CC1.CC(C)OCCN1CCN(c2ccc(OCC(F)(F)COC(C)(C)C)cn2)CC1. The highest BCUT2D eigenvalue weighted by atomic mass is 19.3. The summed E-state index contributed by atoms with van der Waals surface area (Å²) in [4.78, 5) is 32.1. The highest BCUT2D eigenvalue weighted by molar-refractivity contribution is 5.42. The topological polar surface area (TPSA) is 202 Å². The Morgan fingerprint density at radius 3 is 0.889 bits per heavy atom. The number of anilines is 2. The Kier molecular flexibility index (Phi) is 57.7. The maximum absolute atomic E-state index is 13.9. The van der Waals surface area contributed by atoms with Gasteiger partial charge in [0.2, 0.25) is 0 Å². The van der Waals surface area contributed by atoms with Gasteiger partial charge in [0.15, 0.2) is 19.8 Å². The molecule has 144 heavy (non-hydrogen) atoms. The van der Waals surface area contributed by atoms with Gasteiger partial charge in [-0.2, -0.15) is 0 Å². The fraction of sp³-hybridized carbons (Fsp3) is 0.860. The number of nitrogens with zero attached hydrogens (tertiary/aromatic N) is 11. The summed E-state index contributed by atoms with van der Waals surface area (Å²) in [6, 6.07) is 11.2. The summed E-state index contributed by atoms with van der Waals surface area (Å²) < 4.78 is 222. The first-order chi connectivity index (χ1) is 65.7. The van der Waals surface area contributed by atoms with E-state index in [0.717, 1.165) is 187 Å². The van der Waals surface area contributed by atoms with Gasteiger partial charge in [-0.25, -0.2) is 62.7 Å². The van der Waals surface area contributed by atoms with Crippen LogP contribution in [0.1, 0.15) is 267 Å². The molecule has 4 aliphatic rings. The number of aromatic nitrogens is 3. The zero-order valence-electron chi connectivity index (χ0n) is 95.1. The zero-order valence-corrected chi connectivity index (χ0v) is 95.1. The van der Waals surface area contributed by atoms with Crippen molar-refractivity contribution < 1.29 is 105 Å². The van der Waals surface area contributed by atoms with Gasteiger partial charge >= 0.3 is 5.92 Å². The van der Waals surface area contributed by atoms with E-state index in [1.165, 1.54) is 18.6 Å². The molecule has 0 radical (unpaired) electrons. The molecule has 844 valence electrons. The first-order valence-electron chi connectivity index (χ1n) is 51.8. The first kappa shape index (κ1) is 135. The summed E-state index contributed by atoms with van der Waals surface area (Å²) >= 11 is 0. The highest BCUT2D eigenvalue weighted by Gasteiger charge is 2.39. The normalized spacial score (nSPS) is 16.6. The summed E-state index contributed by atoms with van der Waals surface area (Å²) in [5.74, 6) is -14.8. The lowest BCUT2D eigenvalue weighted by Crippen LogP contribution is -2.53. The Bertz CT molecular complexity index is 3800. The average molecular weight is 2080 g/mol. The van der Waals surface area contributed by atoms with E-state index in [9.17, 15) is 52.7 Å². The quantitative estimate of drug-likeness (QED) is 0.0355. The molecule has 25 nitrogen and oxygen atoms in total. The highest BCUT2D eigenvalue weighted by Crippen LogP contribution is 2.30. The fourth-order valence-corrected chi connectivity index (χ4v) is 13.5. The summed E-state index contributed by atoms with van der Waals surface area (Å²) in [6.07, 6.45) is 8.36. The second-order valence-electron chi connectivity index (χ2n) is 48.8. The van der Waals surface area contributed by atoms with Crippen molar-refractivity contribution in [1.82, 2.24) is 60.3 Å². The van der Waals surface area contributed by atoms with Crippen LogP contribution in [0, 0.1) is 0 Å². The third-order valence-electron chi connectivity index (χ3n) is 22.1. The molecule has 7 rings (SSSR count). The van der Waals surface area contributed by atoms with Crippen LogP contribution in [0.25, 0.3) is 0 Å². The molecule has 0 unspecified atom stereocenters. The van der Waals surface area contributed by atoms with Crippen molar-refractivity contribution in [3.8, 4) is 17.2 Å². The van der Waals surface area contributed by atoms with Crippen LogP contribution >= 0.6 is 0 Å². The number of halogens is 12. The van der Waals surface area contributed by atoms with Crippen molar-refractivity contribution in [2.24, 2.45) is 0 Å². The maximum atomic E-state index is 13.9. The van der Waals surface area contributed by atoms with E-state index >= 15 is 0 Å². The van der Waals surface area contributed by atoms with Gasteiger partial charge in [-0.3, -0.25) is 24.6 Å². The van der Waals surface area contributed by atoms with Crippen molar-refractivity contribution in [1.29, 1.82) is 0 Å². The minimum atomic E-state index is -3.05. The Labute approximate surface area is 861 Å². The Balaban J connectivity index is 0.000000590. The van der Waals surface area contributed by atoms with Crippen LogP contribution in [0.3, 0.4) is 0 Å².